The Morgan fingerprint density at radius 2 is 1.82 bits per heavy atom. The molecule has 0 aromatic carbocycles. The Labute approximate surface area is 104 Å². The Bertz CT molecular complexity index is 357. The number of piperidine rings is 1. The lowest BCUT2D eigenvalue weighted by molar-refractivity contribution is -0.134. The maximum absolute atomic E-state index is 11.7. The van der Waals surface area contributed by atoms with Crippen LogP contribution in [-0.4, -0.2) is 69.9 Å². The molecule has 1 heterocycles. The lowest BCUT2D eigenvalue weighted by atomic mass is 9.95. The molecule has 100 valence electrons. The summed E-state index contributed by atoms with van der Waals surface area (Å²) in [7, 11) is 0.669. The molecule has 0 aromatic rings. The summed E-state index contributed by atoms with van der Waals surface area (Å²) in [6, 6.07) is 0. The van der Waals surface area contributed by atoms with Crippen LogP contribution in [0.3, 0.4) is 0 Å². The standard InChI is InChI=1S/C11H22N2O3S/c1-12(2)11(14)10-4-6-13(7-5-10)8-9-17(3,15)16/h10H,4-9H2,1-3H3. The number of carbonyl (C=O) groups excluding carboxylic acids is 1. The van der Waals surface area contributed by atoms with E-state index in [1.807, 2.05) is 0 Å². The second-order valence-corrected chi connectivity index (χ2v) is 7.24. The molecule has 0 bridgehead atoms. The van der Waals surface area contributed by atoms with Crippen molar-refractivity contribution in [1.82, 2.24) is 9.80 Å². The highest BCUT2D eigenvalue weighted by molar-refractivity contribution is 7.90. The van der Waals surface area contributed by atoms with Crippen molar-refractivity contribution in [2.24, 2.45) is 5.92 Å². The predicted molar refractivity (Wildman–Crippen MR) is 67.6 cm³/mol. The number of amides is 1. The number of sulfone groups is 1. The molecule has 1 fully saturated rings. The van der Waals surface area contributed by atoms with Crippen LogP contribution in [-0.2, 0) is 14.6 Å². The van der Waals surface area contributed by atoms with Crippen molar-refractivity contribution in [2.75, 3.05) is 45.7 Å². The van der Waals surface area contributed by atoms with Gasteiger partial charge in [0.15, 0.2) is 0 Å². The monoisotopic (exact) mass is 262 g/mol. The third kappa shape index (κ3) is 5.04. The topological polar surface area (TPSA) is 57.7 Å². The summed E-state index contributed by atoms with van der Waals surface area (Å²) in [4.78, 5) is 15.5. The number of nitrogens with zero attached hydrogens (tertiary/aromatic N) is 2. The average Bonchev–Trinajstić information content (AvgIpc) is 2.25. The second kappa shape index (κ2) is 5.82. The highest BCUT2D eigenvalue weighted by atomic mass is 32.2. The SMILES string of the molecule is CN(C)C(=O)C1CCN(CCS(C)(=O)=O)CC1. The quantitative estimate of drug-likeness (QED) is 0.706. The maximum atomic E-state index is 11.7. The van der Waals surface area contributed by atoms with E-state index in [2.05, 4.69) is 4.90 Å². The fraction of sp³-hybridized carbons (Fsp3) is 0.909. The molecule has 17 heavy (non-hydrogen) atoms. The average molecular weight is 262 g/mol. The van der Waals surface area contributed by atoms with Crippen molar-refractivity contribution < 1.29 is 13.2 Å². The lowest BCUT2D eigenvalue weighted by Gasteiger charge is -2.32. The zero-order chi connectivity index (χ0) is 13.1. The van der Waals surface area contributed by atoms with Crippen molar-refractivity contribution in [1.29, 1.82) is 0 Å². The first kappa shape index (κ1) is 14.4. The fourth-order valence-corrected chi connectivity index (χ4v) is 2.65. The molecule has 1 aliphatic heterocycles. The Balaban J connectivity index is 2.34. The minimum absolute atomic E-state index is 0.111. The van der Waals surface area contributed by atoms with Gasteiger partial charge in [0.1, 0.15) is 9.84 Å². The molecule has 6 heteroatoms. The molecule has 0 saturated carbocycles. The summed E-state index contributed by atoms with van der Waals surface area (Å²) in [5, 5.41) is 0. The van der Waals surface area contributed by atoms with Gasteiger partial charge in [0.2, 0.25) is 5.91 Å². The van der Waals surface area contributed by atoms with E-state index in [0.29, 0.717) is 6.54 Å². The van der Waals surface area contributed by atoms with E-state index in [1.165, 1.54) is 6.26 Å². The summed E-state index contributed by atoms with van der Waals surface area (Å²) < 4.78 is 22.1. The molecule has 1 amide bonds. The van der Waals surface area contributed by atoms with E-state index < -0.39 is 9.84 Å². The number of hydrogen-bond donors (Lipinski definition) is 0. The Morgan fingerprint density at radius 3 is 2.24 bits per heavy atom. The Kier molecular flexibility index (Phi) is 4.94. The summed E-state index contributed by atoms with van der Waals surface area (Å²) in [6.45, 7) is 2.22. The van der Waals surface area contributed by atoms with Crippen LogP contribution in [0.25, 0.3) is 0 Å². The summed E-state index contributed by atoms with van der Waals surface area (Å²) >= 11 is 0. The third-order valence-corrected chi connectivity index (χ3v) is 4.08. The summed E-state index contributed by atoms with van der Waals surface area (Å²) in [5.74, 6) is 0.506. The highest BCUT2D eigenvalue weighted by Crippen LogP contribution is 2.18. The first-order chi connectivity index (χ1) is 7.79. The van der Waals surface area contributed by atoms with Gasteiger partial charge in [-0.25, -0.2) is 8.42 Å². The molecule has 0 radical (unpaired) electrons. The van der Waals surface area contributed by atoms with Gasteiger partial charge >= 0.3 is 0 Å². The van der Waals surface area contributed by atoms with Gasteiger partial charge in [-0.05, 0) is 25.9 Å². The number of hydrogen-bond acceptors (Lipinski definition) is 4. The highest BCUT2D eigenvalue weighted by Gasteiger charge is 2.26. The number of rotatable bonds is 4. The van der Waals surface area contributed by atoms with Gasteiger partial charge < -0.3 is 9.80 Å². The van der Waals surface area contributed by atoms with Crippen LogP contribution in [0.2, 0.25) is 0 Å². The predicted octanol–water partition coefficient (Wildman–Crippen LogP) is -0.169. The van der Waals surface area contributed by atoms with Gasteiger partial charge in [0.25, 0.3) is 0 Å². The van der Waals surface area contributed by atoms with Crippen molar-refractivity contribution in [3.63, 3.8) is 0 Å². The summed E-state index contributed by atoms with van der Waals surface area (Å²) in [6.07, 6.45) is 2.93. The molecule has 0 aliphatic carbocycles. The molecule has 0 atom stereocenters. The van der Waals surface area contributed by atoms with Crippen molar-refractivity contribution >= 4 is 15.7 Å². The minimum Gasteiger partial charge on any atom is -0.349 e. The molecule has 0 spiro atoms. The molecule has 5 nitrogen and oxygen atoms in total. The first-order valence-corrected chi connectivity index (χ1v) is 7.97. The van der Waals surface area contributed by atoms with E-state index in [9.17, 15) is 13.2 Å². The van der Waals surface area contributed by atoms with Gasteiger partial charge in [-0.1, -0.05) is 0 Å². The normalized spacial score (nSPS) is 19.2. The van der Waals surface area contributed by atoms with Gasteiger partial charge in [-0.3, -0.25) is 4.79 Å². The zero-order valence-electron chi connectivity index (χ0n) is 10.8. The molecule has 0 N–H and O–H groups in total. The molecule has 1 saturated heterocycles. The molecule has 1 aliphatic rings. The van der Waals surface area contributed by atoms with E-state index in [4.69, 9.17) is 0 Å². The number of likely N-dealkylation sites (tertiary alicyclic amines) is 1. The Morgan fingerprint density at radius 1 is 1.29 bits per heavy atom. The van der Waals surface area contributed by atoms with Gasteiger partial charge in [0, 0.05) is 32.8 Å². The minimum atomic E-state index is -2.88. The van der Waals surface area contributed by atoms with Gasteiger partial charge in [0.05, 0.1) is 5.75 Å². The van der Waals surface area contributed by atoms with Crippen molar-refractivity contribution in [3.8, 4) is 0 Å². The maximum Gasteiger partial charge on any atom is 0.225 e. The van der Waals surface area contributed by atoms with Gasteiger partial charge in [-0.2, -0.15) is 0 Å². The van der Waals surface area contributed by atoms with Crippen LogP contribution >= 0.6 is 0 Å². The number of carbonyl (C=O) groups is 1. The van der Waals surface area contributed by atoms with Gasteiger partial charge in [-0.15, -0.1) is 0 Å². The Hall–Kier alpha value is -0.620. The van der Waals surface area contributed by atoms with E-state index in [-0.39, 0.29) is 17.6 Å². The lowest BCUT2D eigenvalue weighted by Crippen LogP contribution is -2.41. The first-order valence-electron chi connectivity index (χ1n) is 5.91. The van der Waals surface area contributed by atoms with E-state index in [0.717, 1.165) is 25.9 Å². The van der Waals surface area contributed by atoms with Crippen LogP contribution in [0.15, 0.2) is 0 Å². The van der Waals surface area contributed by atoms with Crippen molar-refractivity contribution in [2.45, 2.75) is 12.8 Å². The molecule has 0 unspecified atom stereocenters. The fourth-order valence-electron chi connectivity index (χ4n) is 2.06. The smallest absolute Gasteiger partial charge is 0.225 e. The van der Waals surface area contributed by atoms with Crippen molar-refractivity contribution in [3.05, 3.63) is 0 Å². The zero-order valence-corrected chi connectivity index (χ0v) is 11.7. The van der Waals surface area contributed by atoms with Crippen LogP contribution in [0.4, 0.5) is 0 Å². The second-order valence-electron chi connectivity index (χ2n) is 4.98. The molecule has 1 rings (SSSR count). The van der Waals surface area contributed by atoms with Crippen LogP contribution < -0.4 is 0 Å². The van der Waals surface area contributed by atoms with Crippen LogP contribution in [0, 0.1) is 5.92 Å². The van der Waals surface area contributed by atoms with Crippen LogP contribution in [0.5, 0.6) is 0 Å². The molecular weight excluding hydrogens is 240 g/mol. The van der Waals surface area contributed by atoms with E-state index >= 15 is 0 Å². The van der Waals surface area contributed by atoms with E-state index in [1.54, 1.807) is 19.0 Å². The molecule has 0 aromatic heterocycles. The third-order valence-electron chi connectivity index (χ3n) is 3.16. The molecular formula is C11H22N2O3S. The van der Waals surface area contributed by atoms with Crippen LogP contribution in [0.1, 0.15) is 12.8 Å². The largest absolute Gasteiger partial charge is 0.349 e. The summed E-state index contributed by atoms with van der Waals surface area (Å²) in [5.41, 5.74) is 0.